The molecule has 2 atom stereocenters. The Morgan fingerprint density at radius 1 is 1.26 bits per heavy atom. The lowest BCUT2D eigenvalue weighted by Gasteiger charge is -2.16. The molecule has 7 heteroatoms. The Morgan fingerprint density at radius 3 is 2.65 bits per heavy atom. The molecular weight excluding hydrogens is 316 g/mol. The van der Waals surface area contributed by atoms with Gasteiger partial charge in [-0.3, -0.25) is 4.79 Å². The molecule has 6 nitrogen and oxygen atoms in total. The van der Waals surface area contributed by atoms with Gasteiger partial charge in [-0.15, -0.1) is 0 Å². The lowest BCUT2D eigenvalue weighted by Crippen LogP contribution is -2.20. The molecule has 2 aromatic carbocycles. The van der Waals surface area contributed by atoms with Crippen molar-refractivity contribution in [3.05, 3.63) is 36.4 Å². The molecule has 1 fully saturated rings. The third-order valence-corrected chi connectivity index (χ3v) is 5.83. The van der Waals surface area contributed by atoms with Crippen LogP contribution in [0.5, 0.6) is 0 Å². The Balaban J connectivity index is 2.04. The van der Waals surface area contributed by atoms with E-state index in [9.17, 15) is 13.2 Å². The maximum absolute atomic E-state index is 12.7. The van der Waals surface area contributed by atoms with Gasteiger partial charge in [-0.05, 0) is 23.6 Å². The van der Waals surface area contributed by atoms with Crippen molar-refractivity contribution in [2.75, 3.05) is 32.6 Å². The fourth-order valence-corrected chi connectivity index (χ4v) is 4.17. The Labute approximate surface area is 135 Å². The molecular formula is C16H18N2O4S. The van der Waals surface area contributed by atoms with E-state index < -0.39 is 22.0 Å². The summed E-state index contributed by atoms with van der Waals surface area (Å²) >= 11 is 0. The van der Waals surface area contributed by atoms with Gasteiger partial charge in [0.15, 0.2) is 0 Å². The van der Waals surface area contributed by atoms with Crippen LogP contribution in [0.25, 0.3) is 10.8 Å². The van der Waals surface area contributed by atoms with Gasteiger partial charge in [0.2, 0.25) is 10.0 Å². The van der Waals surface area contributed by atoms with Crippen LogP contribution in [0.3, 0.4) is 0 Å². The van der Waals surface area contributed by atoms with Gasteiger partial charge in [-0.1, -0.05) is 18.2 Å². The summed E-state index contributed by atoms with van der Waals surface area (Å²) in [7, 11) is 1.39. The summed E-state index contributed by atoms with van der Waals surface area (Å²) in [4.78, 5) is 13.6. The molecule has 0 bridgehead atoms. The van der Waals surface area contributed by atoms with Crippen molar-refractivity contribution in [2.45, 2.75) is 10.9 Å². The normalized spacial score (nSPS) is 20.3. The first-order valence-electron chi connectivity index (χ1n) is 7.16. The predicted octanol–water partition coefficient (Wildman–Crippen LogP) is 1.45. The summed E-state index contributed by atoms with van der Waals surface area (Å²) < 4.78 is 31.1. The van der Waals surface area contributed by atoms with Crippen molar-refractivity contribution in [1.82, 2.24) is 4.31 Å². The Kier molecular flexibility index (Phi) is 3.77. The average Bonchev–Trinajstić information content (AvgIpc) is 3.34. The van der Waals surface area contributed by atoms with E-state index in [0.717, 1.165) is 20.8 Å². The molecule has 23 heavy (non-hydrogen) atoms. The molecule has 0 aliphatic carbocycles. The number of benzene rings is 2. The van der Waals surface area contributed by atoms with E-state index >= 15 is 0 Å². The fraction of sp³-hybridized carbons (Fsp3) is 0.312. The molecule has 0 N–H and O–H groups in total. The minimum Gasteiger partial charge on any atom is -0.468 e. The molecule has 3 rings (SSSR count). The number of hydrogen-bond acceptors (Lipinski definition) is 5. The monoisotopic (exact) mass is 334 g/mol. The summed E-state index contributed by atoms with van der Waals surface area (Å²) in [6.07, 6.45) is 0. The second kappa shape index (κ2) is 5.50. The number of fused-ring (bicyclic) bond motifs is 1. The Bertz CT molecular complexity index is 877. The van der Waals surface area contributed by atoms with E-state index in [2.05, 4.69) is 4.74 Å². The van der Waals surface area contributed by atoms with Gasteiger partial charge in [0.25, 0.3) is 0 Å². The van der Waals surface area contributed by atoms with Crippen LogP contribution in [0.15, 0.2) is 41.3 Å². The summed E-state index contributed by atoms with van der Waals surface area (Å²) in [5, 5.41) is 1.82. The first-order chi connectivity index (χ1) is 10.9. The summed E-state index contributed by atoms with van der Waals surface area (Å²) in [5.74, 6) is -0.525. The summed E-state index contributed by atoms with van der Waals surface area (Å²) in [6, 6.07) is 10.1. The zero-order chi connectivity index (χ0) is 16.8. The Morgan fingerprint density at radius 2 is 2.00 bits per heavy atom. The van der Waals surface area contributed by atoms with Crippen molar-refractivity contribution in [3.63, 3.8) is 0 Å². The molecule has 0 amide bonds. The van der Waals surface area contributed by atoms with Crippen LogP contribution in [0.1, 0.15) is 0 Å². The minimum atomic E-state index is -3.69. The number of carbonyl (C=O) groups excluding carboxylic acids is 1. The number of ether oxygens (including phenoxy) is 1. The highest BCUT2D eigenvalue weighted by atomic mass is 32.2. The lowest BCUT2D eigenvalue weighted by atomic mass is 10.1. The standard InChI is InChI=1S/C16H18N2O4S/c1-17(2)14-6-4-5-11-7-8-12(9-13(11)14)23(20,21)18-10-15(18)16(19)22-3/h4-9,15H,10H2,1-3H3. The second-order valence-electron chi connectivity index (χ2n) is 5.67. The van der Waals surface area contributed by atoms with Crippen molar-refractivity contribution < 1.29 is 17.9 Å². The highest BCUT2D eigenvalue weighted by Crippen LogP contribution is 2.33. The number of nitrogens with zero attached hydrogens (tertiary/aromatic N) is 2. The van der Waals surface area contributed by atoms with Crippen molar-refractivity contribution in [1.29, 1.82) is 0 Å². The van der Waals surface area contributed by atoms with E-state index in [1.807, 2.05) is 37.2 Å². The van der Waals surface area contributed by atoms with Gasteiger partial charge in [0.05, 0.1) is 12.0 Å². The predicted molar refractivity (Wildman–Crippen MR) is 88.0 cm³/mol. The van der Waals surface area contributed by atoms with E-state index in [0.29, 0.717) is 0 Å². The van der Waals surface area contributed by atoms with Crippen LogP contribution >= 0.6 is 0 Å². The number of esters is 1. The molecule has 0 radical (unpaired) electrons. The molecule has 1 aliphatic rings. The van der Waals surface area contributed by atoms with Crippen LogP contribution in [-0.2, 0) is 19.6 Å². The zero-order valence-electron chi connectivity index (χ0n) is 13.2. The highest BCUT2D eigenvalue weighted by molar-refractivity contribution is 7.89. The van der Waals surface area contributed by atoms with E-state index in [-0.39, 0.29) is 11.4 Å². The first kappa shape index (κ1) is 15.8. The largest absolute Gasteiger partial charge is 0.468 e. The van der Waals surface area contributed by atoms with Crippen molar-refractivity contribution in [2.24, 2.45) is 0 Å². The summed E-state index contributed by atoms with van der Waals surface area (Å²) in [5.41, 5.74) is 0.940. The third-order valence-electron chi connectivity index (χ3n) is 3.96. The third kappa shape index (κ3) is 2.66. The SMILES string of the molecule is COC(=O)C1CN1S(=O)(=O)c1ccc2cccc(N(C)C)c2c1. The summed E-state index contributed by atoms with van der Waals surface area (Å²) in [6.45, 7) is 0.169. The van der Waals surface area contributed by atoms with E-state index in [1.165, 1.54) is 7.11 Å². The van der Waals surface area contributed by atoms with Gasteiger partial charge in [-0.25, -0.2) is 8.42 Å². The van der Waals surface area contributed by atoms with Crippen LogP contribution in [-0.4, -0.2) is 52.5 Å². The van der Waals surface area contributed by atoms with Crippen LogP contribution < -0.4 is 4.90 Å². The molecule has 2 unspecified atom stereocenters. The van der Waals surface area contributed by atoms with Crippen LogP contribution in [0.2, 0.25) is 0 Å². The zero-order valence-corrected chi connectivity index (χ0v) is 14.0. The molecule has 0 spiro atoms. The number of methoxy groups -OCH3 is 1. The first-order valence-corrected chi connectivity index (χ1v) is 8.60. The minimum absolute atomic E-state index is 0.169. The topological polar surface area (TPSA) is 66.7 Å². The van der Waals surface area contributed by atoms with E-state index in [1.54, 1.807) is 18.2 Å². The average molecular weight is 334 g/mol. The smallest absolute Gasteiger partial charge is 0.325 e. The number of rotatable bonds is 4. The molecule has 1 aliphatic heterocycles. The van der Waals surface area contributed by atoms with Gasteiger partial charge in [-0.2, -0.15) is 4.31 Å². The van der Waals surface area contributed by atoms with Gasteiger partial charge in [0.1, 0.15) is 6.04 Å². The number of hydrogen-bond donors (Lipinski definition) is 0. The van der Waals surface area contributed by atoms with Gasteiger partial charge >= 0.3 is 5.97 Å². The van der Waals surface area contributed by atoms with Gasteiger partial charge in [0, 0.05) is 31.7 Å². The van der Waals surface area contributed by atoms with Gasteiger partial charge < -0.3 is 9.64 Å². The Hall–Kier alpha value is -2.12. The number of anilines is 1. The molecule has 0 aromatic heterocycles. The maximum Gasteiger partial charge on any atom is 0.325 e. The number of carbonyl (C=O) groups is 1. The molecule has 2 aromatic rings. The molecule has 1 saturated heterocycles. The maximum atomic E-state index is 12.7. The van der Waals surface area contributed by atoms with Crippen molar-refractivity contribution >= 4 is 32.5 Å². The molecule has 0 saturated carbocycles. The molecule has 1 heterocycles. The second-order valence-corrected chi connectivity index (χ2v) is 7.56. The highest BCUT2D eigenvalue weighted by Gasteiger charge is 2.50. The number of sulfonamides is 1. The van der Waals surface area contributed by atoms with E-state index in [4.69, 9.17) is 0 Å². The van der Waals surface area contributed by atoms with Crippen molar-refractivity contribution in [3.8, 4) is 0 Å². The fourth-order valence-electron chi connectivity index (χ4n) is 2.64. The molecule has 122 valence electrons. The van der Waals surface area contributed by atoms with Crippen LogP contribution in [0, 0.1) is 0 Å². The quantitative estimate of drug-likeness (QED) is 0.625. The lowest BCUT2D eigenvalue weighted by molar-refractivity contribution is -0.140. The van der Waals surface area contributed by atoms with Crippen LogP contribution in [0.4, 0.5) is 5.69 Å².